The largest absolute Gasteiger partial charge is 0.383 e. The third-order valence-corrected chi connectivity index (χ3v) is 4.50. The van der Waals surface area contributed by atoms with Crippen LogP contribution in [0, 0.1) is 5.92 Å². The molecule has 0 saturated carbocycles. The molecule has 120 valence electrons. The molecule has 1 N–H and O–H groups in total. The highest BCUT2D eigenvalue weighted by Gasteiger charge is 2.36. The zero-order valence-electron chi connectivity index (χ0n) is 12.4. The summed E-state index contributed by atoms with van der Waals surface area (Å²) in [5.41, 5.74) is 0.454. The van der Waals surface area contributed by atoms with Gasteiger partial charge in [-0.25, -0.2) is 0 Å². The Hall–Kier alpha value is -1.30. The van der Waals surface area contributed by atoms with Crippen LogP contribution in [0.1, 0.15) is 13.3 Å². The van der Waals surface area contributed by atoms with E-state index in [2.05, 4.69) is 5.32 Å². The molecule has 5 nitrogen and oxygen atoms in total. The third kappa shape index (κ3) is 3.72. The number of hydrogen-bond donors (Lipinski definition) is 1. The molecule has 1 heterocycles. The maximum absolute atomic E-state index is 12.3. The van der Waals surface area contributed by atoms with Crippen LogP contribution >= 0.6 is 23.2 Å². The second-order valence-corrected chi connectivity index (χ2v) is 6.13. The van der Waals surface area contributed by atoms with E-state index in [1.807, 2.05) is 6.92 Å². The number of nitrogens with one attached hydrogen (secondary N) is 1. The Bertz CT molecular complexity index is 580. The van der Waals surface area contributed by atoms with Gasteiger partial charge >= 0.3 is 0 Å². The van der Waals surface area contributed by atoms with Crippen LogP contribution in [0.25, 0.3) is 0 Å². The number of carbonyl (C=O) groups is 2. The van der Waals surface area contributed by atoms with E-state index >= 15 is 0 Å². The van der Waals surface area contributed by atoms with E-state index in [1.54, 1.807) is 30.2 Å². The van der Waals surface area contributed by atoms with Gasteiger partial charge in [0.15, 0.2) is 0 Å². The minimum absolute atomic E-state index is 0.0399. The Labute approximate surface area is 139 Å². The number of rotatable bonds is 5. The van der Waals surface area contributed by atoms with Crippen LogP contribution in [0.3, 0.4) is 0 Å². The van der Waals surface area contributed by atoms with Crippen LogP contribution in [0.4, 0.5) is 5.69 Å². The monoisotopic (exact) mass is 344 g/mol. The summed E-state index contributed by atoms with van der Waals surface area (Å²) in [6.45, 7) is 2.73. The third-order valence-electron chi connectivity index (χ3n) is 3.68. The molecule has 2 atom stereocenters. The minimum Gasteiger partial charge on any atom is -0.383 e. The van der Waals surface area contributed by atoms with Crippen molar-refractivity contribution >= 4 is 40.7 Å². The first-order valence-corrected chi connectivity index (χ1v) is 7.73. The lowest BCUT2D eigenvalue weighted by atomic mass is 10.1. The van der Waals surface area contributed by atoms with Crippen molar-refractivity contribution in [3.05, 3.63) is 28.2 Å². The van der Waals surface area contributed by atoms with E-state index in [4.69, 9.17) is 27.9 Å². The van der Waals surface area contributed by atoms with Crippen molar-refractivity contribution in [3.63, 3.8) is 0 Å². The Balaban J connectivity index is 2.02. The highest BCUT2D eigenvalue weighted by molar-refractivity contribution is 6.44. The predicted molar refractivity (Wildman–Crippen MR) is 86.2 cm³/mol. The highest BCUT2D eigenvalue weighted by atomic mass is 35.5. The van der Waals surface area contributed by atoms with E-state index < -0.39 is 5.92 Å². The van der Waals surface area contributed by atoms with Crippen LogP contribution < -0.4 is 5.32 Å². The lowest BCUT2D eigenvalue weighted by Gasteiger charge is -2.23. The number of ether oxygens (including phenoxy) is 1. The van der Waals surface area contributed by atoms with Gasteiger partial charge in [0, 0.05) is 20.1 Å². The molecule has 0 aromatic heterocycles. The second kappa shape index (κ2) is 7.31. The van der Waals surface area contributed by atoms with Gasteiger partial charge in [-0.15, -0.1) is 0 Å². The quantitative estimate of drug-likeness (QED) is 0.893. The van der Waals surface area contributed by atoms with Crippen molar-refractivity contribution in [2.45, 2.75) is 19.4 Å². The van der Waals surface area contributed by atoms with Crippen LogP contribution in [0.5, 0.6) is 0 Å². The molecule has 0 unspecified atom stereocenters. The first kappa shape index (κ1) is 17.1. The van der Waals surface area contributed by atoms with E-state index in [1.165, 1.54) is 0 Å². The summed E-state index contributed by atoms with van der Waals surface area (Å²) in [6, 6.07) is 4.97. The van der Waals surface area contributed by atoms with Gasteiger partial charge in [-0.2, -0.15) is 0 Å². The smallest absolute Gasteiger partial charge is 0.229 e. The number of benzene rings is 1. The molecule has 2 rings (SSSR count). The average Bonchev–Trinajstić information content (AvgIpc) is 2.86. The fourth-order valence-electron chi connectivity index (χ4n) is 2.50. The number of amides is 2. The van der Waals surface area contributed by atoms with E-state index in [9.17, 15) is 9.59 Å². The number of methoxy groups -OCH3 is 1. The van der Waals surface area contributed by atoms with Crippen LogP contribution in [-0.4, -0.2) is 43.0 Å². The molecule has 0 aliphatic carbocycles. The number of likely N-dealkylation sites (tertiary alicyclic amines) is 1. The Morgan fingerprint density at radius 3 is 2.91 bits per heavy atom. The molecule has 0 bridgehead atoms. The first-order valence-electron chi connectivity index (χ1n) is 6.97. The normalized spacial score (nSPS) is 19.4. The summed E-state index contributed by atoms with van der Waals surface area (Å²) in [5, 5.41) is 3.41. The molecule has 1 aliphatic rings. The molecule has 1 aliphatic heterocycles. The van der Waals surface area contributed by atoms with Crippen molar-refractivity contribution in [2.75, 3.05) is 25.6 Å². The SMILES string of the molecule is COC[C@H](C)N1C[C@H](C(=O)Nc2cccc(Cl)c2Cl)CC1=O. The first-order chi connectivity index (χ1) is 10.4. The Morgan fingerprint density at radius 1 is 1.50 bits per heavy atom. The summed E-state index contributed by atoms with van der Waals surface area (Å²) in [6.07, 6.45) is 0.193. The van der Waals surface area contributed by atoms with E-state index in [0.717, 1.165) is 0 Å². The minimum atomic E-state index is -0.401. The van der Waals surface area contributed by atoms with Crippen molar-refractivity contribution in [1.82, 2.24) is 4.90 Å². The van der Waals surface area contributed by atoms with Gasteiger partial charge in [-0.3, -0.25) is 9.59 Å². The Morgan fingerprint density at radius 2 is 2.23 bits per heavy atom. The number of nitrogens with zero attached hydrogens (tertiary/aromatic N) is 1. The predicted octanol–water partition coefficient (Wildman–Crippen LogP) is 2.82. The van der Waals surface area contributed by atoms with Crippen LogP contribution in [0.15, 0.2) is 18.2 Å². The maximum Gasteiger partial charge on any atom is 0.229 e. The summed E-state index contributed by atoms with van der Waals surface area (Å²) < 4.78 is 5.06. The van der Waals surface area contributed by atoms with Crippen LogP contribution in [-0.2, 0) is 14.3 Å². The molecule has 7 heteroatoms. The van der Waals surface area contributed by atoms with Crippen LogP contribution in [0.2, 0.25) is 10.0 Å². The Kier molecular flexibility index (Phi) is 5.67. The zero-order chi connectivity index (χ0) is 16.3. The molecular weight excluding hydrogens is 327 g/mol. The van der Waals surface area contributed by atoms with Gasteiger partial charge < -0.3 is 15.0 Å². The summed E-state index contributed by atoms with van der Waals surface area (Å²) in [7, 11) is 1.59. The van der Waals surface area contributed by atoms with Crippen molar-refractivity contribution in [2.24, 2.45) is 5.92 Å². The maximum atomic E-state index is 12.3. The number of carbonyl (C=O) groups excluding carboxylic acids is 2. The van der Waals surface area contributed by atoms with Gasteiger partial charge in [0.25, 0.3) is 0 Å². The number of hydrogen-bond acceptors (Lipinski definition) is 3. The van der Waals surface area contributed by atoms with Gasteiger partial charge in [0.2, 0.25) is 11.8 Å². The van der Waals surface area contributed by atoms with Gasteiger partial charge in [0.1, 0.15) is 0 Å². The van der Waals surface area contributed by atoms with Crippen molar-refractivity contribution in [3.8, 4) is 0 Å². The fourth-order valence-corrected chi connectivity index (χ4v) is 2.85. The average molecular weight is 345 g/mol. The molecular formula is C15H18Cl2N2O3. The summed E-state index contributed by atoms with van der Waals surface area (Å²) in [4.78, 5) is 26.0. The van der Waals surface area contributed by atoms with Gasteiger partial charge in [-0.05, 0) is 19.1 Å². The van der Waals surface area contributed by atoms with E-state index in [-0.39, 0.29) is 24.3 Å². The zero-order valence-corrected chi connectivity index (χ0v) is 13.9. The lowest BCUT2D eigenvalue weighted by molar-refractivity contribution is -0.130. The standard InChI is InChI=1S/C15H18Cl2N2O3/c1-9(8-22-2)19-7-10(6-13(19)20)15(21)18-12-5-3-4-11(16)14(12)17/h3-5,9-10H,6-8H2,1-2H3,(H,18,21)/t9-,10+/m0/s1. The fraction of sp³-hybridized carbons (Fsp3) is 0.467. The number of anilines is 1. The van der Waals surface area contributed by atoms with Crippen molar-refractivity contribution < 1.29 is 14.3 Å². The molecule has 22 heavy (non-hydrogen) atoms. The second-order valence-electron chi connectivity index (χ2n) is 5.34. The molecule has 1 saturated heterocycles. The molecule has 0 radical (unpaired) electrons. The molecule has 2 amide bonds. The topological polar surface area (TPSA) is 58.6 Å². The lowest BCUT2D eigenvalue weighted by Crippen LogP contribution is -2.38. The number of halogens is 2. The summed E-state index contributed by atoms with van der Waals surface area (Å²) in [5.74, 6) is -0.673. The molecule has 1 aromatic carbocycles. The van der Waals surface area contributed by atoms with Gasteiger partial charge in [-0.1, -0.05) is 29.3 Å². The summed E-state index contributed by atoms with van der Waals surface area (Å²) >= 11 is 12.0. The van der Waals surface area contributed by atoms with E-state index in [0.29, 0.717) is 28.9 Å². The van der Waals surface area contributed by atoms with Crippen molar-refractivity contribution in [1.29, 1.82) is 0 Å². The molecule has 1 fully saturated rings. The molecule has 0 spiro atoms. The highest BCUT2D eigenvalue weighted by Crippen LogP contribution is 2.30. The molecule has 1 aromatic rings. The van der Waals surface area contributed by atoms with Gasteiger partial charge in [0.05, 0.1) is 34.3 Å².